The maximum atomic E-state index is 12.0. The third kappa shape index (κ3) is 4.69. The van der Waals surface area contributed by atoms with Crippen LogP contribution in [0, 0.1) is 0 Å². The molecule has 0 aromatic heterocycles. The Hall–Kier alpha value is -1.63. The van der Waals surface area contributed by atoms with Crippen LogP contribution in [-0.4, -0.2) is 78.0 Å². The fourth-order valence-corrected chi connectivity index (χ4v) is 2.66. The summed E-state index contributed by atoms with van der Waals surface area (Å²) in [5.41, 5.74) is 1.21. The maximum Gasteiger partial charge on any atom is 0.317 e. The van der Waals surface area contributed by atoms with Gasteiger partial charge in [-0.2, -0.15) is 0 Å². The summed E-state index contributed by atoms with van der Waals surface area (Å²) in [7, 11) is 0. The summed E-state index contributed by atoms with van der Waals surface area (Å²) in [4.78, 5) is 15.8. The number of nitrogens with one attached hydrogen (secondary N) is 1. The van der Waals surface area contributed by atoms with Crippen LogP contribution in [0.15, 0.2) is 30.3 Å². The van der Waals surface area contributed by atoms with Crippen molar-refractivity contribution in [1.29, 1.82) is 0 Å². The molecule has 22 heavy (non-hydrogen) atoms. The van der Waals surface area contributed by atoms with Crippen LogP contribution in [0.4, 0.5) is 4.79 Å². The number of likely N-dealkylation sites (tertiary alicyclic amines) is 1. The van der Waals surface area contributed by atoms with Gasteiger partial charge in [-0.3, -0.25) is 4.90 Å². The van der Waals surface area contributed by atoms with Gasteiger partial charge >= 0.3 is 6.03 Å². The Balaban J connectivity index is 1.66. The number of carbonyl (C=O) groups is 1. The van der Waals surface area contributed by atoms with E-state index >= 15 is 0 Å². The lowest BCUT2D eigenvalue weighted by Crippen LogP contribution is -2.63. The first-order chi connectivity index (χ1) is 10.7. The highest BCUT2D eigenvalue weighted by Gasteiger charge is 2.34. The first-order valence-electron chi connectivity index (χ1n) is 7.77. The number of aliphatic hydroxyl groups is 2. The molecule has 2 amide bonds. The van der Waals surface area contributed by atoms with Gasteiger partial charge < -0.3 is 20.4 Å². The summed E-state index contributed by atoms with van der Waals surface area (Å²) in [5.74, 6) is 0. The van der Waals surface area contributed by atoms with Crippen molar-refractivity contribution in [2.24, 2.45) is 0 Å². The van der Waals surface area contributed by atoms with E-state index in [0.29, 0.717) is 32.7 Å². The summed E-state index contributed by atoms with van der Waals surface area (Å²) in [6, 6.07) is 10.3. The maximum absolute atomic E-state index is 12.0. The third-order valence-corrected chi connectivity index (χ3v) is 3.97. The van der Waals surface area contributed by atoms with Gasteiger partial charge in [0.1, 0.15) is 0 Å². The van der Waals surface area contributed by atoms with Gasteiger partial charge in [-0.05, 0) is 12.0 Å². The molecule has 6 nitrogen and oxygen atoms in total. The smallest absolute Gasteiger partial charge is 0.317 e. The SMILES string of the molecule is O=C(NCCc1ccccc1)N1CC(N(CCO)CCO)C1. The van der Waals surface area contributed by atoms with Crippen molar-refractivity contribution in [1.82, 2.24) is 15.1 Å². The molecule has 1 aliphatic heterocycles. The molecule has 0 radical (unpaired) electrons. The van der Waals surface area contributed by atoms with Crippen LogP contribution in [0.3, 0.4) is 0 Å². The molecule has 0 saturated carbocycles. The van der Waals surface area contributed by atoms with E-state index < -0.39 is 0 Å². The molecule has 0 bridgehead atoms. The van der Waals surface area contributed by atoms with Crippen molar-refractivity contribution < 1.29 is 15.0 Å². The van der Waals surface area contributed by atoms with Gasteiger partial charge in [0.2, 0.25) is 0 Å². The van der Waals surface area contributed by atoms with Gasteiger partial charge in [-0.15, -0.1) is 0 Å². The molecule has 1 aromatic rings. The molecule has 1 heterocycles. The molecule has 2 rings (SSSR count). The van der Waals surface area contributed by atoms with E-state index in [0.717, 1.165) is 6.42 Å². The van der Waals surface area contributed by atoms with Gasteiger partial charge in [0.25, 0.3) is 0 Å². The van der Waals surface area contributed by atoms with Gasteiger partial charge in [0.05, 0.1) is 13.2 Å². The molecule has 3 N–H and O–H groups in total. The molecule has 1 aromatic carbocycles. The number of benzene rings is 1. The summed E-state index contributed by atoms with van der Waals surface area (Å²) < 4.78 is 0. The molecule has 1 fully saturated rings. The van der Waals surface area contributed by atoms with E-state index in [1.165, 1.54) is 5.56 Å². The number of hydrogen-bond donors (Lipinski definition) is 3. The van der Waals surface area contributed by atoms with Crippen molar-refractivity contribution in [3.05, 3.63) is 35.9 Å². The minimum atomic E-state index is -0.0415. The topological polar surface area (TPSA) is 76.0 Å². The van der Waals surface area contributed by atoms with Crippen LogP contribution in [0.25, 0.3) is 0 Å². The van der Waals surface area contributed by atoms with E-state index in [-0.39, 0.29) is 25.3 Å². The number of urea groups is 1. The second kappa shape index (κ2) is 8.73. The number of rotatable bonds is 8. The lowest BCUT2D eigenvalue weighted by Gasteiger charge is -2.45. The predicted octanol–water partition coefficient (Wildman–Crippen LogP) is -0.0905. The average molecular weight is 307 g/mol. The molecular weight excluding hydrogens is 282 g/mol. The van der Waals surface area contributed by atoms with Gasteiger partial charge in [0.15, 0.2) is 0 Å². The minimum Gasteiger partial charge on any atom is -0.395 e. The highest BCUT2D eigenvalue weighted by atomic mass is 16.3. The molecule has 1 saturated heterocycles. The summed E-state index contributed by atoms with van der Waals surface area (Å²) >= 11 is 0. The zero-order chi connectivity index (χ0) is 15.8. The van der Waals surface area contributed by atoms with Gasteiger partial charge in [-0.1, -0.05) is 30.3 Å². The van der Waals surface area contributed by atoms with Gasteiger partial charge in [0, 0.05) is 38.8 Å². The monoisotopic (exact) mass is 307 g/mol. The zero-order valence-electron chi connectivity index (χ0n) is 12.8. The van der Waals surface area contributed by atoms with Crippen LogP contribution in [-0.2, 0) is 6.42 Å². The van der Waals surface area contributed by atoms with Crippen molar-refractivity contribution in [2.75, 3.05) is 45.9 Å². The number of carbonyl (C=O) groups excluding carboxylic acids is 1. The van der Waals surface area contributed by atoms with Crippen LogP contribution in [0.5, 0.6) is 0 Å². The largest absolute Gasteiger partial charge is 0.395 e. The lowest BCUT2D eigenvalue weighted by molar-refractivity contribution is 0.0360. The Kier molecular flexibility index (Phi) is 6.64. The molecule has 0 unspecified atom stereocenters. The van der Waals surface area contributed by atoms with Crippen LogP contribution in [0.1, 0.15) is 5.56 Å². The normalized spacial score (nSPS) is 15.0. The van der Waals surface area contributed by atoms with E-state index in [2.05, 4.69) is 5.32 Å². The van der Waals surface area contributed by atoms with E-state index in [4.69, 9.17) is 10.2 Å². The second-order valence-electron chi connectivity index (χ2n) is 5.51. The van der Waals surface area contributed by atoms with Crippen LogP contribution >= 0.6 is 0 Å². The fraction of sp³-hybridized carbons (Fsp3) is 0.562. The van der Waals surface area contributed by atoms with Crippen LogP contribution in [0.2, 0.25) is 0 Å². The fourth-order valence-electron chi connectivity index (χ4n) is 2.66. The Bertz CT molecular complexity index is 443. The zero-order valence-corrected chi connectivity index (χ0v) is 12.8. The number of aliphatic hydroxyl groups excluding tert-OH is 2. The van der Waals surface area contributed by atoms with Crippen molar-refractivity contribution in [2.45, 2.75) is 12.5 Å². The molecule has 0 spiro atoms. The summed E-state index contributed by atoms with van der Waals surface area (Å²) in [6.07, 6.45) is 0.824. The molecular formula is C16H25N3O3. The van der Waals surface area contributed by atoms with E-state index in [1.807, 2.05) is 35.2 Å². The highest BCUT2D eigenvalue weighted by molar-refractivity contribution is 5.75. The summed E-state index contributed by atoms with van der Waals surface area (Å²) in [6.45, 7) is 3.14. The molecule has 0 atom stereocenters. The van der Waals surface area contributed by atoms with Crippen molar-refractivity contribution in [3.63, 3.8) is 0 Å². The molecule has 122 valence electrons. The predicted molar refractivity (Wildman–Crippen MR) is 84.7 cm³/mol. The number of hydrogen-bond acceptors (Lipinski definition) is 4. The highest BCUT2D eigenvalue weighted by Crippen LogP contribution is 2.14. The van der Waals surface area contributed by atoms with E-state index in [1.54, 1.807) is 4.90 Å². The number of amides is 2. The van der Waals surface area contributed by atoms with Crippen molar-refractivity contribution >= 4 is 6.03 Å². The first kappa shape index (κ1) is 16.7. The minimum absolute atomic E-state index is 0.0415. The number of nitrogens with zero attached hydrogens (tertiary/aromatic N) is 2. The van der Waals surface area contributed by atoms with Gasteiger partial charge in [-0.25, -0.2) is 4.79 Å². The standard InChI is InChI=1S/C16H25N3O3/c20-10-8-18(9-11-21)15-12-19(13-15)16(22)17-7-6-14-4-2-1-3-5-14/h1-5,15,20-21H,6-13H2,(H,17,22). The molecule has 1 aliphatic rings. The Morgan fingerprint density at radius 1 is 1.18 bits per heavy atom. The Morgan fingerprint density at radius 3 is 2.41 bits per heavy atom. The molecule has 0 aliphatic carbocycles. The Labute approximate surface area is 131 Å². The van der Waals surface area contributed by atoms with E-state index in [9.17, 15) is 4.79 Å². The first-order valence-corrected chi connectivity index (χ1v) is 7.77. The second-order valence-corrected chi connectivity index (χ2v) is 5.51. The molecule has 6 heteroatoms. The van der Waals surface area contributed by atoms with Crippen LogP contribution < -0.4 is 5.32 Å². The summed E-state index contributed by atoms with van der Waals surface area (Å²) in [5, 5.41) is 21.0. The lowest BCUT2D eigenvalue weighted by atomic mass is 10.1. The Morgan fingerprint density at radius 2 is 1.82 bits per heavy atom. The quantitative estimate of drug-likeness (QED) is 0.627. The third-order valence-electron chi connectivity index (χ3n) is 3.97. The van der Waals surface area contributed by atoms with Crippen molar-refractivity contribution in [3.8, 4) is 0 Å². The average Bonchev–Trinajstić information content (AvgIpc) is 2.47.